The Balaban J connectivity index is 1.16. The van der Waals surface area contributed by atoms with Gasteiger partial charge in [0.15, 0.2) is 0 Å². The largest absolute Gasteiger partial charge is 0.310 e. The fourth-order valence-corrected chi connectivity index (χ4v) is 8.22. The van der Waals surface area contributed by atoms with E-state index in [1.54, 1.807) is 12.4 Å². The van der Waals surface area contributed by atoms with E-state index in [2.05, 4.69) is 167 Å². The molecule has 2 heterocycles. The molecule has 0 spiro atoms. The van der Waals surface area contributed by atoms with E-state index in [1.807, 2.05) is 48.8 Å². The van der Waals surface area contributed by atoms with E-state index in [9.17, 15) is 5.26 Å². The summed E-state index contributed by atoms with van der Waals surface area (Å²) >= 11 is 0. The predicted octanol–water partition coefficient (Wildman–Crippen LogP) is 13.9. The van der Waals surface area contributed by atoms with Gasteiger partial charge >= 0.3 is 0 Å². The topological polar surface area (TPSA) is 52.8 Å². The van der Waals surface area contributed by atoms with Crippen LogP contribution < -0.4 is 4.90 Å². The van der Waals surface area contributed by atoms with Crippen LogP contribution >= 0.6 is 0 Å². The number of fused-ring (bicyclic) bond motifs is 3. The highest BCUT2D eigenvalue weighted by Crippen LogP contribution is 2.46. The molecule has 8 aromatic carbocycles. The molecule has 0 aliphatic rings. The summed E-state index contributed by atoms with van der Waals surface area (Å²) in [6.45, 7) is 0. The van der Waals surface area contributed by atoms with E-state index >= 15 is 0 Å². The van der Waals surface area contributed by atoms with Crippen molar-refractivity contribution in [1.82, 2.24) is 9.97 Å². The van der Waals surface area contributed by atoms with Crippen molar-refractivity contribution in [2.75, 3.05) is 4.90 Å². The summed E-state index contributed by atoms with van der Waals surface area (Å²) in [5.74, 6) is 0. The molecule has 4 heteroatoms. The maximum Gasteiger partial charge on any atom is 0.0991 e. The molecule has 0 radical (unpaired) electrons. The number of anilines is 3. The first-order valence-electron chi connectivity index (χ1n) is 19.0. The number of hydrogen-bond donors (Lipinski definition) is 0. The van der Waals surface area contributed by atoms with Crippen molar-refractivity contribution in [2.45, 2.75) is 0 Å². The third-order valence-electron chi connectivity index (χ3n) is 10.8. The lowest BCUT2D eigenvalue weighted by molar-refractivity contribution is 1.27. The molecule has 10 aromatic rings. The van der Waals surface area contributed by atoms with E-state index in [4.69, 9.17) is 0 Å². The molecular formula is C53H34N4. The Hall–Kier alpha value is -7.87. The molecule has 0 saturated carbocycles. The van der Waals surface area contributed by atoms with E-state index in [-0.39, 0.29) is 0 Å². The number of rotatable bonds is 7. The monoisotopic (exact) mass is 726 g/mol. The summed E-state index contributed by atoms with van der Waals surface area (Å²) in [5, 5.41) is 17.0. The normalized spacial score (nSPS) is 11.1. The van der Waals surface area contributed by atoms with Crippen LogP contribution in [0, 0.1) is 11.3 Å². The number of nitriles is 1. The minimum atomic E-state index is 0.611. The predicted molar refractivity (Wildman–Crippen MR) is 236 cm³/mol. The molecule has 0 bridgehead atoms. The fourth-order valence-electron chi connectivity index (χ4n) is 8.22. The van der Waals surface area contributed by atoms with E-state index in [1.165, 1.54) is 49.0 Å². The maximum atomic E-state index is 9.67. The molecule has 4 nitrogen and oxygen atoms in total. The van der Waals surface area contributed by atoms with Crippen LogP contribution in [0.25, 0.3) is 76.8 Å². The number of hydrogen-bond acceptors (Lipinski definition) is 4. The lowest BCUT2D eigenvalue weighted by atomic mass is 9.85. The van der Waals surface area contributed by atoms with Gasteiger partial charge in [0, 0.05) is 53.0 Å². The van der Waals surface area contributed by atoms with Gasteiger partial charge in [-0.1, -0.05) is 115 Å². The Morgan fingerprint density at radius 2 is 0.895 bits per heavy atom. The molecule has 266 valence electrons. The van der Waals surface area contributed by atoms with Gasteiger partial charge in [0.2, 0.25) is 0 Å². The highest BCUT2D eigenvalue weighted by Gasteiger charge is 2.20. The summed E-state index contributed by atoms with van der Waals surface area (Å²) in [6.07, 6.45) is 7.38. The van der Waals surface area contributed by atoms with Gasteiger partial charge in [-0.05, 0) is 132 Å². The molecule has 0 atom stereocenters. The highest BCUT2D eigenvalue weighted by molar-refractivity contribution is 6.23. The minimum absolute atomic E-state index is 0.611. The highest BCUT2D eigenvalue weighted by atomic mass is 15.1. The summed E-state index contributed by atoms with van der Waals surface area (Å²) in [6, 6.07) is 66.5. The number of benzene rings is 8. The van der Waals surface area contributed by atoms with Crippen molar-refractivity contribution in [3.63, 3.8) is 0 Å². The lowest BCUT2D eigenvalue weighted by Crippen LogP contribution is -2.10. The van der Waals surface area contributed by atoms with Gasteiger partial charge in [0.25, 0.3) is 0 Å². The van der Waals surface area contributed by atoms with Gasteiger partial charge in [-0.2, -0.15) is 5.26 Å². The molecule has 10 rings (SSSR count). The number of aromatic nitrogens is 2. The van der Waals surface area contributed by atoms with Gasteiger partial charge in [-0.15, -0.1) is 0 Å². The first kappa shape index (κ1) is 33.7. The molecule has 0 amide bonds. The zero-order chi connectivity index (χ0) is 38.1. The Bertz CT molecular complexity index is 2990. The van der Waals surface area contributed by atoms with Crippen molar-refractivity contribution in [1.29, 1.82) is 5.26 Å². The second-order valence-corrected chi connectivity index (χ2v) is 14.2. The molecule has 0 fully saturated rings. The van der Waals surface area contributed by atoms with Crippen molar-refractivity contribution in [3.05, 3.63) is 212 Å². The third-order valence-corrected chi connectivity index (χ3v) is 10.8. The van der Waals surface area contributed by atoms with E-state index in [0.29, 0.717) is 5.56 Å². The quantitative estimate of drug-likeness (QED) is 0.153. The molecule has 0 aliphatic carbocycles. The standard InChI is InChI=1S/C53H34N4/c54-33-36-20-24-43(25-21-36)57(45-31-41(39-12-8-28-55-34-39)30-42(32-45)40-13-9-29-56-35-40)44-26-22-38(23-27-44)52-48-15-3-5-17-50(48)53(51-18-6-4-16-49(51)52)47-19-7-11-37-10-1-2-14-46(37)47/h1-32,34-35H. The fraction of sp³-hybridized carbons (Fsp3) is 0. The average Bonchev–Trinajstić information content (AvgIpc) is 3.29. The van der Waals surface area contributed by atoms with Crippen LogP contribution in [0.1, 0.15) is 5.56 Å². The van der Waals surface area contributed by atoms with Crippen LogP contribution in [0.15, 0.2) is 207 Å². The van der Waals surface area contributed by atoms with Crippen LogP contribution in [-0.2, 0) is 0 Å². The molecule has 0 saturated heterocycles. The molecular weight excluding hydrogens is 693 g/mol. The minimum Gasteiger partial charge on any atom is -0.310 e. The SMILES string of the molecule is N#Cc1ccc(N(c2ccc(-c3c4ccccc4c(-c4cccc5ccccc45)c4ccccc34)cc2)c2cc(-c3cccnc3)cc(-c3cccnc3)c2)cc1. The van der Waals surface area contributed by atoms with Crippen molar-refractivity contribution < 1.29 is 0 Å². The summed E-state index contributed by atoms with van der Waals surface area (Å²) in [4.78, 5) is 11.1. The van der Waals surface area contributed by atoms with Crippen molar-refractivity contribution in [3.8, 4) is 50.6 Å². The van der Waals surface area contributed by atoms with Gasteiger partial charge in [-0.25, -0.2) is 0 Å². The zero-order valence-corrected chi connectivity index (χ0v) is 30.9. The number of pyridine rings is 2. The Morgan fingerprint density at radius 1 is 0.386 bits per heavy atom. The maximum absolute atomic E-state index is 9.67. The first-order valence-corrected chi connectivity index (χ1v) is 19.0. The van der Waals surface area contributed by atoms with Crippen LogP contribution in [0.4, 0.5) is 17.1 Å². The molecule has 0 aliphatic heterocycles. The van der Waals surface area contributed by atoms with Crippen molar-refractivity contribution in [2.24, 2.45) is 0 Å². The van der Waals surface area contributed by atoms with Crippen LogP contribution in [-0.4, -0.2) is 9.97 Å². The smallest absolute Gasteiger partial charge is 0.0991 e. The van der Waals surface area contributed by atoms with Gasteiger partial charge < -0.3 is 4.90 Å². The second-order valence-electron chi connectivity index (χ2n) is 14.2. The first-order chi connectivity index (χ1) is 28.2. The van der Waals surface area contributed by atoms with Crippen LogP contribution in [0.3, 0.4) is 0 Å². The second kappa shape index (κ2) is 14.4. The van der Waals surface area contributed by atoms with Crippen molar-refractivity contribution >= 4 is 49.4 Å². The summed E-state index contributed by atoms with van der Waals surface area (Å²) in [5.41, 5.74) is 12.5. The van der Waals surface area contributed by atoms with Gasteiger partial charge in [0.1, 0.15) is 0 Å². The Labute approximate surface area is 331 Å². The molecule has 0 N–H and O–H groups in total. The van der Waals surface area contributed by atoms with Crippen LogP contribution in [0.5, 0.6) is 0 Å². The summed E-state index contributed by atoms with van der Waals surface area (Å²) < 4.78 is 0. The summed E-state index contributed by atoms with van der Waals surface area (Å²) in [7, 11) is 0. The molecule has 0 unspecified atom stereocenters. The van der Waals surface area contributed by atoms with Crippen LogP contribution in [0.2, 0.25) is 0 Å². The number of nitrogens with zero attached hydrogens (tertiary/aromatic N) is 4. The average molecular weight is 727 g/mol. The lowest BCUT2D eigenvalue weighted by Gasteiger charge is -2.27. The third kappa shape index (κ3) is 6.14. The van der Waals surface area contributed by atoms with Gasteiger partial charge in [0.05, 0.1) is 11.6 Å². The molecule has 2 aromatic heterocycles. The van der Waals surface area contributed by atoms with E-state index < -0.39 is 0 Å². The Kier molecular flexibility index (Phi) is 8.52. The van der Waals surface area contributed by atoms with Gasteiger partial charge in [-0.3, -0.25) is 9.97 Å². The Morgan fingerprint density at radius 3 is 1.44 bits per heavy atom. The molecule has 57 heavy (non-hydrogen) atoms. The van der Waals surface area contributed by atoms with E-state index in [0.717, 1.165) is 44.9 Å². The zero-order valence-electron chi connectivity index (χ0n) is 30.9.